The molecule has 1 N–H and O–H groups in total. The van der Waals surface area contributed by atoms with Crippen molar-refractivity contribution < 1.29 is 14.7 Å². The van der Waals surface area contributed by atoms with Crippen molar-refractivity contribution >= 4 is 28.8 Å². The minimum atomic E-state index is -0.590. The van der Waals surface area contributed by atoms with Gasteiger partial charge in [0.15, 0.2) is 0 Å². The lowest BCUT2D eigenvalue weighted by Crippen LogP contribution is -2.37. The maximum Gasteiger partial charge on any atom is 0.295 e. The number of likely N-dealkylation sites (N-methyl/N-ethyl adjacent to an activating group) is 1. The van der Waals surface area contributed by atoms with Crippen LogP contribution in [-0.4, -0.2) is 52.8 Å². The lowest BCUT2D eigenvalue weighted by atomic mass is 9.89. The molecule has 0 spiro atoms. The first kappa shape index (κ1) is 21.8. The first-order valence-electron chi connectivity index (χ1n) is 11.2. The summed E-state index contributed by atoms with van der Waals surface area (Å²) in [5.74, 6) is -1.17. The van der Waals surface area contributed by atoms with E-state index in [9.17, 15) is 14.7 Å². The monoisotopic (exact) mass is 438 g/mol. The number of aliphatic hydroxyl groups excluding tert-OH is 1. The van der Waals surface area contributed by atoms with Gasteiger partial charge in [-0.3, -0.25) is 9.59 Å². The zero-order valence-corrected chi connectivity index (χ0v) is 19.1. The highest BCUT2D eigenvalue weighted by Gasteiger charge is 2.46. The van der Waals surface area contributed by atoms with Gasteiger partial charge in [0.2, 0.25) is 0 Å². The van der Waals surface area contributed by atoms with Crippen LogP contribution in [0.5, 0.6) is 0 Å². The molecule has 4 rings (SSSR count). The SMILES string of the molecule is CCN(CC)CCN1C(=O)C(=O)/C(=C(\O)c2ccc3c(c2)CCCC3)C1c1cccs1. The molecule has 31 heavy (non-hydrogen) atoms. The quantitative estimate of drug-likeness (QED) is 0.396. The highest BCUT2D eigenvalue weighted by molar-refractivity contribution is 7.10. The predicted molar refractivity (Wildman–Crippen MR) is 124 cm³/mol. The van der Waals surface area contributed by atoms with Gasteiger partial charge in [-0.25, -0.2) is 0 Å². The summed E-state index contributed by atoms with van der Waals surface area (Å²) in [6.45, 7) is 7.10. The molecule has 2 aromatic rings. The van der Waals surface area contributed by atoms with Gasteiger partial charge in [0, 0.05) is 23.5 Å². The van der Waals surface area contributed by atoms with Gasteiger partial charge in [-0.05, 0) is 67.4 Å². The summed E-state index contributed by atoms with van der Waals surface area (Å²) >= 11 is 1.51. The second kappa shape index (κ2) is 9.37. The fraction of sp³-hybridized carbons (Fsp3) is 0.440. The number of Topliss-reactive ketones (excluding diaryl/α,β-unsaturated/α-hetero) is 1. The molecule has 1 atom stereocenters. The number of rotatable bonds is 7. The number of benzene rings is 1. The van der Waals surface area contributed by atoms with Gasteiger partial charge in [0.25, 0.3) is 11.7 Å². The van der Waals surface area contributed by atoms with Crippen molar-refractivity contribution in [2.45, 2.75) is 45.6 Å². The zero-order valence-electron chi connectivity index (χ0n) is 18.3. The number of carbonyl (C=O) groups is 2. The topological polar surface area (TPSA) is 60.9 Å². The number of carbonyl (C=O) groups excluding carboxylic acids is 2. The van der Waals surface area contributed by atoms with Crippen molar-refractivity contribution in [1.29, 1.82) is 0 Å². The molecular weight excluding hydrogens is 408 g/mol. The molecule has 2 aliphatic rings. The number of aliphatic hydroxyl groups is 1. The van der Waals surface area contributed by atoms with E-state index < -0.39 is 17.7 Å². The second-order valence-corrected chi connectivity index (χ2v) is 9.20. The molecule has 1 aromatic heterocycles. The Bertz CT molecular complexity index is 992. The summed E-state index contributed by atoms with van der Waals surface area (Å²) < 4.78 is 0. The Labute approximate surface area is 188 Å². The normalized spacial score (nSPS) is 20.5. The van der Waals surface area contributed by atoms with E-state index in [2.05, 4.69) is 24.8 Å². The van der Waals surface area contributed by atoms with E-state index in [1.54, 1.807) is 4.90 Å². The van der Waals surface area contributed by atoms with Crippen LogP contribution in [0, 0.1) is 0 Å². The van der Waals surface area contributed by atoms with Crippen molar-refractivity contribution in [3.63, 3.8) is 0 Å². The number of aryl methyl sites for hydroxylation is 2. The number of hydrogen-bond donors (Lipinski definition) is 1. The van der Waals surface area contributed by atoms with Gasteiger partial charge < -0.3 is 14.9 Å². The van der Waals surface area contributed by atoms with Crippen LogP contribution in [-0.2, 0) is 22.4 Å². The molecular formula is C25H30N2O3S. The van der Waals surface area contributed by atoms with Crippen molar-refractivity contribution in [2.24, 2.45) is 0 Å². The van der Waals surface area contributed by atoms with E-state index in [0.717, 1.165) is 37.2 Å². The molecule has 1 saturated heterocycles. The Morgan fingerprint density at radius 3 is 2.55 bits per heavy atom. The Kier molecular flexibility index (Phi) is 6.58. The maximum atomic E-state index is 13.1. The Balaban J connectivity index is 1.74. The third kappa shape index (κ3) is 4.19. The lowest BCUT2D eigenvalue weighted by Gasteiger charge is -2.27. The smallest absolute Gasteiger partial charge is 0.295 e. The van der Waals surface area contributed by atoms with Crippen LogP contribution in [0.2, 0.25) is 0 Å². The molecule has 0 radical (unpaired) electrons. The first-order valence-corrected chi connectivity index (χ1v) is 12.1. The molecule has 2 heterocycles. The number of amides is 1. The zero-order chi connectivity index (χ0) is 22.0. The second-order valence-electron chi connectivity index (χ2n) is 8.23. The molecule has 1 fully saturated rings. The van der Waals surface area contributed by atoms with Crippen molar-refractivity contribution in [1.82, 2.24) is 9.80 Å². The molecule has 5 nitrogen and oxygen atoms in total. The van der Waals surface area contributed by atoms with Gasteiger partial charge in [-0.15, -0.1) is 11.3 Å². The van der Waals surface area contributed by atoms with Gasteiger partial charge >= 0.3 is 0 Å². The maximum absolute atomic E-state index is 13.1. The Hall–Kier alpha value is -2.44. The van der Waals surface area contributed by atoms with E-state index in [1.807, 2.05) is 29.6 Å². The molecule has 1 aliphatic carbocycles. The summed E-state index contributed by atoms with van der Waals surface area (Å²) in [6.07, 6.45) is 4.38. The lowest BCUT2D eigenvalue weighted by molar-refractivity contribution is -0.140. The largest absolute Gasteiger partial charge is 0.507 e. The van der Waals surface area contributed by atoms with Crippen LogP contribution < -0.4 is 0 Å². The molecule has 1 unspecified atom stereocenters. The fourth-order valence-corrected chi connectivity index (χ4v) is 5.52. The third-order valence-corrected chi connectivity index (χ3v) is 7.45. The average molecular weight is 439 g/mol. The number of fused-ring (bicyclic) bond motifs is 1. The van der Waals surface area contributed by atoms with Crippen LogP contribution >= 0.6 is 11.3 Å². The minimum Gasteiger partial charge on any atom is -0.507 e. The fourth-order valence-electron chi connectivity index (χ4n) is 4.68. The van der Waals surface area contributed by atoms with Gasteiger partial charge in [0.05, 0.1) is 11.6 Å². The number of ketones is 1. The van der Waals surface area contributed by atoms with E-state index in [1.165, 1.54) is 28.9 Å². The van der Waals surface area contributed by atoms with Crippen LogP contribution in [0.3, 0.4) is 0 Å². The van der Waals surface area contributed by atoms with Crippen LogP contribution in [0.1, 0.15) is 54.3 Å². The number of likely N-dealkylation sites (tertiary alicyclic amines) is 1. The standard InChI is InChI=1S/C25H30N2O3S/c1-3-26(4-2)13-14-27-22(20-10-7-15-31-20)21(24(29)25(27)30)23(28)19-12-11-17-8-5-6-9-18(17)16-19/h7,10-12,15-16,22,28H,3-6,8-9,13-14H2,1-2H3/b23-21-. The van der Waals surface area contributed by atoms with Gasteiger partial charge in [-0.1, -0.05) is 32.0 Å². The summed E-state index contributed by atoms with van der Waals surface area (Å²) in [5, 5.41) is 13.2. The summed E-state index contributed by atoms with van der Waals surface area (Å²) in [6, 6.07) is 9.26. The predicted octanol–water partition coefficient (Wildman–Crippen LogP) is 4.39. The molecule has 0 saturated carbocycles. The summed E-state index contributed by atoms with van der Waals surface area (Å²) in [5.41, 5.74) is 3.39. The summed E-state index contributed by atoms with van der Waals surface area (Å²) in [7, 11) is 0. The van der Waals surface area contributed by atoms with Crippen molar-refractivity contribution in [2.75, 3.05) is 26.2 Å². The Morgan fingerprint density at radius 1 is 1.13 bits per heavy atom. The average Bonchev–Trinajstić information content (AvgIpc) is 3.41. The van der Waals surface area contributed by atoms with Crippen LogP contribution in [0.15, 0.2) is 41.3 Å². The Morgan fingerprint density at radius 2 is 1.87 bits per heavy atom. The van der Waals surface area contributed by atoms with E-state index in [-0.39, 0.29) is 11.3 Å². The third-order valence-electron chi connectivity index (χ3n) is 6.53. The molecule has 164 valence electrons. The molecule has 6 heteroatoms. The first-order chi connectivity index (χ1) is 15.0. The van der Waals surface area contributed by atoms with Gasteiger partial charge in [0.1, 0.15) is 5.76 Å². The summed E-state index contributed by atoms with van der Waals surface area (Å²) in [4.78, 5) is 30.9. The number of thiophene rings is 1. The molecule has 1 aromatic carbocycles. The van der Waals surface area contributed by atoms with Crippen LogP contribution in [0.25, 0.3) is 5.76 Å². The van der Waals surface area contributed by atoms with E-state index in [4.69, 9.17) is 0 Å². The molecule has 1 amide bonds. The van der Waals surface area contributed by atoms with Crippen LogP contribution in [0.4, 0.5) is 0 Å². The molecule has 1 aliphatic heterocycles. The van der Waals surface area contributed by atoms with E-state index in [0.29, 0.717) is 18.7 Å². The van der Waals surface area contributed by atoms with Gasteiger partial charge in [-0.2, -0.15) is 0 Å². The number of nitrogens with zero attached hydrogens (tertiary/aromatic N) is 2. The highest BCUT2D eigenvalue weighted by atomic mass is 32.1. The van der Waals surface area contributed by atoms with E-state index >= 15 is 0 Å². The van der Waals surface area contributed by atoms with Crippen molar-refractivity contribution in [3.8, 4) is 0 Å². The van der Waals surface area contributed by atoms with Crippen molar-refractivity contribution in [3.05, 3.63) is 62.9 Å². The minimum absolute atomic E-state index is 0.0598. The highest BCUT2D eigenvalue weighted by Crippen LogP contribution is 2.41. The molecule has 0 bridgehead atoms. The number of hydrogen-bond acceptors (Lipinski definition) is 5.